The van der Waals surface area contributed by atoms with Gasteiger partial charge in [0.15, 0.2) is 11.5 Å². The van der Waals surface area contributed by atoms with Gasteiger partial charge in [-0.05, 0) is 30.3 Å². The van der Waals surface area contributed by atoms with E-state index in [2.05, 4.69) is 14.7 Å². The van der Waals surface area contributed by atoms with E-state index in [4.69, 9.17) is 9.47 Å². The number of thioether (sulfide) groups is 1. The summed E-state index contributed by atoms with van der Waals surface area (Å²) in [4.78, 5) is 20.5. The summed E-state index contributed by atoms with van der Waals surface area (Å²) < 4.78 is 39.8. The molecule has 0 saturated heterocycles. The van der Waals surface area contributed by atoms with Crippen molar-refractivity contribution in [1.29, 1.82) is 0 Å². The molecule has 0 radical (unpaired) electrons. The lowest BCUT2D eigenvalue weighted by Gasteiger charge is -2.11. The van der Waals surface area contributed by atoms with Crippen LogP contribution in [0.3, 0.4) is 0 Å². The van der Waals surface area contributed by atoms with E-state index in [9.17, 15) is 13.6 Å². The van der Waals surface area contributed by atoms with Gasteiger partial charge in [0.25, 0.3) is 5.56 Å². The molecule has 1 aromatic heterocycles. The molecule has 0 aliphatic carbocycles. The molecule has 0 aliphatic heterocycles. The zero-order valence-corrected chi connectivity index (χ0v) is 16.0. The van der Waals surface area contributed by atoms with Crippen LogP contribution in [-0.4, -0.2) is 36.6 Å². The molecule has 0 fully saturated rings. The number of hydrogen-bond donors (Lipinski definition) is 1. The molecule has 0 spiro atoms. The van der Waals surface area contributed by atoms with Gasteiger partial charge in [0.2, 0.25) is 0 Å². The van der Waals surface area contributed by atoms with Gasteiger partial charge < -0.3 is 19.2 Å². The number of aryl methyl sites for hydroxylation is 1. The van der Waals surface area contributed by atoms with E-state index < -0.39 is 6.61 Å². The third kappa shape index (κ3) is 4.72. The van der Waals surface area contributed by atoms with Crippen LogP contribution in [0.25, 0.3) is 10.9 Å². The summed E-state index contributed by atoms with van der Waals surface area (Å²) in [6.07, 6.45) is 0.499. The number of nitrogens with one attached hydrogen (secondary N) is 1. The maximum atomic E-state index is 12.6. The smallest absolute Gasteiger partial charge is 0.387 e. The number of ether oxygens (including phenoxy) is 3. The summed E-state index contributed by atoms with van der Waals surface area (Å²) in [6, 6.07) is 10.3. The monoisotopic (exact) mass is 408 g/mol. The van der Waals surface area contributed by atoms with Crippen molar-refractivity contribution in [3.63, 3.8) is 0 Å². The molecular formula is C19H18F2N2O4S. The average Bonchev–Trinajstić information content (AvgIpc) is 2.67. The number of H-pyrrole nitrogens is 1. The molecule has 28 heavy (non-hydrogen) atoms. The summed E-state index contributed by atoms with van der Waals surface area (Å²) in [5.74, 6) is 1.80. The van der Waals surface area contributed by atoms with Crippen molar-refractivity contribution in [2.75, 3.05) is 20.0 Å². The normalized spacial score (nSPS) is 11.0. The predicted octanol–water partition coefficient (Wildman–Crippen LogP) is 3.88. The van der Waals surface area contributed by atoms with E-state index in [1.54, 1.807) is 18.9 Å². The van der Waals surface area contributed by atoms with Crippen LogP contribution in [-0.2, 0) is 6.42 Å². The van der Waals surface area contributed by atoms with Crippen LogP contribution >= 0.6 is 11.8 Å². The average molecular weight is 408 g/mol. The minimum absolute atomic E-state index is 0.0444. The third-order valence-corrected chi connectivity index (χ3v) is 4.94. The first-order valence-corrected chi connectivity index (χ1v) is 9.31. The number of methoxy groups -OCH3 is 2. The van der Waals surface area contributed by atoms with E-state index in [0.717, 1.165) is 10.6 Å². The van der Waals surface area contributed by atoms with Gasteiger partial charge in [0, 0.05) is 23.1 Å². The van der Waals surface area contributed by atoms with Crippen molar-refractivity contribution in [3.8, 4) is 17.2 Å². The van der Waals surface area contributed by atoms with Crippen LogP contribution in [0.5, 0.6) is 17.2 Å². The fraction of sp³-hybridized carbons (Fsp3) is 0.263. The largest absolute Gasteiger partial charge is 0.497 e. The second kappa shape index (κ2) is 8.92. The molecule has 3 aromatic rings. The zero-order valence-electron chi connectivity index (χ0n) is 15.2. The van der Waals surface area contributed by atoms with Gasteiger partial charge >= 0.3 is 6.61 Å². The van der Waals surface area contributed by atoms with E-state index in [0.29, 0.717) is 18.0 Å². The van der Waals surface area contributed by atoms with Crippen molar-refractivity contribution in [3.05, 3.63) is 52.6 Å². The zero-order chi connectivity index (χ0) is 20.1. The van der Waals surface area contributed by atoms with Crippen molar-refractivity contribution >= 4 is 22.7 Å². The summed E-state index contributed by atoms with van der Waals surface area (Å²) in [6.45, 7) is -3.01. The highest BCUT2D eigenvalue weighted by atomic mass is 32.2. The molecule has 6 nitrogen and oxygen atoms in total. The van der Waals surface area contributed by atoms with E-state index in [-0.39, 0.29) is 28.0 Å². The van der Waals surface area contributed by atoms with Gasteiger partial charge in [-0.1, -0.05) is 0 Å². The molecule has 0 atom stereocenters. The van der Waals surface area contributed by atoms with Gasteiger partial charge in [-0.3, -0.25) is 4.79 Å². The first kappa shape index (κ1) is 19.9. The number of alkyl halides is 2. The van der Waals surface area contributed by atoms with Crippen LogP contribution in [0.4, 0.5) is 8.78 Å². The molecule has 0 amide bonds. The summed E-state index contributed by atoms with van der Waals surface area (Å²) in [5.41, 5.74) is -0.0963. The fourth-order valence-corrected chi connectivity index (χ4v) is 3.46. The highest BCUT2D eigenvalue weighted by Crippen LogP contribution is 2.31. The van der Waals surface area contributed by atoms with Gasteiger partial charge in [0.05, 0.1) is 25.1 Å². The molecular weight excluding hydrogens is 390 g/mol. The summed E-state index contributed by atoms with van der Waals surface area (Å²) in [7, 11) is 2.92. The fourth-order valence-electron chi connectivity index (χ4n) is 2.60. The molecule has 0 saturated carbocycles. The Hall–Kier alpha value is -2.81. The number of fused-ring (bicyclic) bond motifs is 1. The first-order valence-electron chi connectivity index (χ1n) is 8.32. The van der Waals surface area contributed by atoms with Crippen molar-refractivity contribution < 1.29 is 23.0 Å². The highest BCUT2D eigenvalue weighted by molar-refractivity contribution is 7.99. The third-order valence-electron chi connectivity index (χ3n) is 3.92. The molecule has 0 bridgehead atoms. The number of rotatable bonds is 8. The Balaban J connectivity index is 1.78. The first-order chi connectivity index (χ1) is 13.5. The predicted molar refractivity (Wildman–Crippen MR) is 103 cm³/mol. The number of aromatic amines is 1. The number of halogens is 2. The number of aromatic nitrogens is 2. The lowest BCUT2D eigenvalue weighted by Crippen LogP contribution is -2.13. The van der Waals surface area contributed by atoms with E-state index in [1.165, 1.54) is 19.2 Å². The highest BCUT2D eigenvalue weighted by Gasteiger charge is 2.15. The van der Waals surface area contributed by atoms with Crippen LogP contribution in [0.1, 0.15) is 5.82 Å². The molecule has 2 aromatic carbocycles. The molecule has 3 rings (SSSR count). The minimum atomic E-state index is -3.01. The Bertz CT molecular complexity index is 1010. The van der Waals surface area contributed by atoms with Crippen molar-refractivity contribution in [2.24, 2.45) is 0 Å². The Kier molecular flexibility index (Phi) is 6.35. The quantitative estimate of drug-likeness (QED) is 0.571. The summed E-state index contributed by atoms with van der Waals surface area (Å²) in [5, 5.41) is 0.241. The Morgan fingerprint density at radius 3 is 2.50 bits per heavy atom. The van der Waals surface area contributed by atoms with Gasteiger partial charge in [-0.25, -0.2) is 4.98 Å². The summed E-state index contributed by atoms with van der Waals surface area (Å²) >= 11 is 1.60. The Labute approximate surface area is 163 Å². The standard InChI is InChI=1S/C19H18F2N2O4S/c1-25-11-3-5-12(6-4-11)28-8-7-17-22-14-10-16(27-19(20)21)15(26-2)9-13(14)18(24)23-17/h3-6,9-10,19H,7-8H2,1-2H3,(H,22,23,24). The molecule has 148 valence electrons. The number of benzene rings is 2. The van der Waals surface area contributed by atoms with Gasteiger partial charge in [-0.15, -0.1) is 11.8 Å². The van der Waals surface area contributed by atoms with E-state index >= 15 is 0 Å². The second-order valence-electron chi connectivity index (χ2n) is 5.69. The van der Waals surface area contributed by atoms with Crippen LogP contribution in [0, 0.1) is 0 Å². The maximum Gasteiger partial charge on any atom is 0.387 e. The van der Waals surface area contributed by atoms with Crippen LogP contribution in [0.15, 0.2) is 46.1 Å². The lowest BCUT2D eigenvalue weighted by molar-refractivity contribution is -0.0511. The topological polar surface area (TPSA) is 73.4 Å². The van der Waals surface area contributed by atoms with Crippen molar-refractivity contribution in [2.45, 2.75) is 17.9 Å². The van der Waals surface area contributed by atoms with Gasteiger partial charge in [-0.2, -0.15) is 8.78 Å². The molecule has 1 heterocycles. The van der Waals surface area contributed by atoms with Crippen LogP contribution < -0.4 is 19.8 Å². The number of nitrogens with zero attached hydrogens (tertiary/aromatic N) is 1. The van der Waals surface area contributed by atoms with Crippen molar-refractivity contribution in [1.82, 2.24) is 9.97 Å². The Morgan fingerprint density at radius 1 is 1.11 bits per heavy atom. The second-order valence-corrected chi connectivity index (χ2v) is 6.85. The number of hydrogen-bond acceptors (Lipinski definition) is 6. The minimum Gasteiger partial charge on any atom is -0.497 e. The molecule has 0 aliphatic rings. The molecule has 9 heteroatoms. The lowest BCUT2D eigenvalue weighted by atomic mass is 10.2. The van der Waals surface area contributed by atoms with Gasteiger partial charge in [0.1, 0.15) is 11.6 Å². The SMILES string of the molecule is COc1ccc(SCCc2nc3cc(OC(F)F)c(OC)cc3c(=O)[nH]2)cc1. The maximum absolute atomic E-state index is 12.6. The molecule has 1 N–H and O–H groups in total. The van der Waals surface area contributed by atoms with E-state index in [1.807, 2.05) is 24.3 Å². The Morgan fingerprint density at radius 2 is 1.86 bits per heavy atom. The van der Waals surface area contributed by atoms with Crippen LogP contribution in [0.2, 0.25) is 0 Å². The molecule has 0 unspecified atom stereocenters.